The van der Waals surface area contributed by atoms with Gasteiger partial charge in [-0.3, -0.25) is 9.69 Å². The number of amides is 1. The third-order valence-electron chi connectivity index (χ3n) is 3.91. The van der Waals surface area contributed by atoms with E-state index in [4.69, 9.17) is 22.1 Å². The molecule has 23 heavy (non-hydrogen) atoms. The number of ether oxygens (including phenoxy) is 1. The lowest BCUT2D eigenvalue weighted by Crippen LogP contribution is -2.47. The molecule has 2 unspecified atom stereocenters. The van der Waals surface area contributed by atoms with Crippen LogP contribution in [0.25, 0.3) is 0 Å². The number of nitrogens with two attached hydrogens (primary N) is 1. The highest BCUT2D eigenvalue weighted by Crippen LogP contribution is 2.31. The highest BCUT2D eigenvalue weighted by Gasteiger charge is 2.29. The van der Waals surface area contributed by atoms with Crippen LogP contribution >= 0.6 is 11.6 Å². The van der Waals surface area contributed by atoms with Crippen LogP contribution in [0.3, 0.4) is 0 Å². The van der Waals surface area contributed by atoms with Gasteiger partial charge in [0.25, 0.3) is 0 Å². The Balaban J connectivity index is 2.22. The van der Waals surface area contributed by atoms with Crippen LogP contribution in [-0.2, 0) is 9.53 Å². The third kappa shape index (κ3) is 4.88. The molecule has 0 bridgehead atoms. The van der Waals surface area contributed by atoms with E-state index in [2.05, 4.69) is 10.2 Å². The van der Waals surface area contributed by atoms with Crippen molar-refractivity contribution in [3.63, 3.8) is 0 Å². The zero-order valence-electron chi connectivity index (χ0n) is 13.2. The van der Waals surface area contributed by atoms with Gasteiger partial charge in [0.15, 0.2) is 0 Å². The second-order valence-corrected chi connectivity index (χ2v) is 6.08. The number of rotatable bonds is 6. The summed E-state index contributed by atoms with van der Waals surface area (Å²) in [4.78, 5) is 13.8. The molecule has 3 N–H and O–H groups in total. The highest BCUT2D eigenvalue weighted by atomic mass is 35.5. The Bertz CT molecular complexity index is 524. The van der Waals surface area contributed by atoms with E-state index >= 15 is 0 Å². The smallest absolute Gasteiger partial charge is 0.221 e. The largest absolute Gasteiger partial charge is 0.376 e. The Morgan fingerprint density at radius 2 is 2.39 bits per heavy atom. The van der Waals surface area contributed by atoms with Gasteiger partial charge in [-0.25, -0.2) is 4.39 Å². The highest BCUT2D eigenvalue weighted by molar-refractivity contribution is 6.31. The first kappa shape index (κ1) is 18.1. The second-order valence-electron chi connectivity index (χ2n) is 5.67. The van der Waals surface area contributed by atoms with Gasteiger partial charge in [0, 0.05) is 43.2 Å². The van der Waals surface area contributed by atoms with Crippen LogP contribution in [-0.4, -0.2) is 49.7 Å². The zero-order valence-corrected chi connectivity index (χ0v) is 14.0. The van der Waals surface area contributed by atoms with Crippen molar-refractivity contribution in [2.45, 2.75) is 25.5 Å². The number of nitrogens with zero attached hydrogens (tertiary/aromatic N) is 1. The minimum Gasteiger partial charge on any atom is -0.376 e. The number of benzene rings is 1. The number of carbonyl (C=O) groups excluding carboxylic acids is 1. The van der Waals surface area contributed by atoms with Crippen molar-refractivity contribution in [1.29, 1.82) is 0 Å². The fraction of sp³-hybridized carbons (Fsp3) is 0.562. The van der Waals surface area contributed by atoms with E-state index in [-0.39, 0.29) is 43.4 Å². The molecular weight excluding hydrogens is 321 g/mol. The van der Waals surface area contributed by atoms with Gasteiger partial charge >= 0.3 is 0 Å². The average Bonchev–Trinajstić information content (AvgIpc) is 2.50. The fourth-order valence-corrected chi connectivity index (χ4v) is 3.09. The Kier molecular flexibility index (Phi) is 6.77. The Morgan fingerprint density at radius 3 is 3.04 bits per heavy atom. The summed E-state index contributed by atoms with van der Waals surface area (Å²) < 4.78 is 19.9. The summed E-state index contributed by atoms with van der Waals surface area (Å²) in [5.74, 6) is -0.513. The van der Waals surface area contributed by atoms with E-state index in [9.17, 15) is 9.18 Å². The lowest BCUT2D eigenvalue weighted by atomic mass is 10.0. The molecule has 1 heterocycles. The van der Waals surface area contributed by atoms with Gasteiger partial charge in [0.1, 0.15) is 5.82 Å². The zero-order chi connectivity index (χ0) is 16.8. The molecular formula is C16H23ClFN3O2. The van der Waals surface area contributed by atoms with E-state index in [1.807, 2.05) is 6.92 Å². The molecule has 0 saturated carbocycles. The molecule has 0 aliphatic carbocycles. The number of halogens is 2. The summed E-state index contributed by atoms with van der Waals surface area (Å²) in [6, 6.07) is 4.29. The van der Waals surface area contributed by atoms with E-state index < -0.39 is 0 Å². The van der Waals surface area contributed by atoms with Gasteiger partial charge in [0.2, 0.25) is 5.91 Å². The van der Waals surface area contributed by atoms with E-state index in [0.29, 0.717) is 30.3 Å². The van der Waals surface area contributed by atoms with E-state index in [1.165, 1.54) is 6.07 Å². The molecule has 0 spiro atoms. The van der Waals surface area contributed by atoms with Crippen LogP contribution in [0.1, 0.15) is 24.9 Å². The van der Waals surface area contributed by atoms with Gasteiger partial charge < -0.3 is 15.8 Å². The number of hydrogen-bond donors (Lipinski definition) is 2. The summed E-state index contributed by atoms with van der Waals surface area (Å²) in [7, 11) is 0. The van der Waals surface area contributed by atoms with Crippen molar-refractivity contribution in [1.82, 2.24) is 10.2 Å². The second kappa shape index (κ2) is 8.59. The van der Waals surface area contributed by atoms with E-state index in [0.717, 1.165) is 0 Å². The van der Waals surface area contributed by atoms with Crippen LogP contribution in [0.4, 0.5) is 4.39 Å². The quantitative estimate of drug-likeness (QED) is 0.825. The lowest BCUT2D eigenvalue weighted by molar-refractivity contribution is -0.121. The predicted octanol–water partition coefficient (Wildman–Crippen LogP) is 1.71. The van der Waals surface area contributed by atoms with Gasteiger partial charge in [-0.2, -0.15) is 0 Å². The molecule has 1 aliphatic heterocycles. The van der Waals surface area contributed by atoms with E-state index in [1.54, 1.807) is 12.1 Å². The van der Waals surface area contributed by atoms with Gasteiger partial charge in [-0.1, -0.05) is 17.7 Å². The molecule has 128 valence electrons. The summed E-state index contributed by atoms with van der Waals surface area (Å²) in [5.41, 5.74) is 5.80. The van der Waals surface area contributed by atoms with Crippen LogP contribution in [0.5, 0.6) is 0 Å². The molecule has 1 amide bonds. The molecule has 2 rings (SSSR count). The summed E-state index contributed by atoms with van der Waals surface area (Å²) in [6.45, 7) is 4.42. The van der Waals surface area contributed by atoms with Crippen molar-refractivity contribution >= 4 is 17.5 Å². The molecule has 1 aliphatic rings. The minimum absolute atomic E-state index is 0.0524. The SMILES string of the molecule is CC1CN(C(CNC(=O)CCN)c2c(F)cccc2Cl)CCO1. The van der Waals surface area contributed by atoms with Crippen molar-refractivity contribution in [2.75, 3.05) is 32.8 Å². The van der Waals surface area contributed by atoms with Crippen molar-refractivity contribution < 1.29 is 13.9 Å². The Labute approximate surface area is 140 Å². The molecule has 1 aromatic carbocycles. The first-order valence-corrected chi connectivity index (χ1v) is 8.17. The monoisotopic (exact) mass is 343 g/mol. The first-order chi connectivity index (χ1) is 11.0. The molecule has 0 radical (unpaired) electrons. The molecule has 1 saturated heterocycles. The number of hydrogen-bond acceptors (Lipinski definition) is 4. The van der Waals surface area contributed by atoms with Gasteiger partial charge in [-0.15, -0.1) is 0 Å². The number of nitrogens with one attached hydrogen (secondary N) is 1. The molecule has 1 fully saturated rings. The topological polar surface area (TPSA) is 67.6 Å². The van der Waals surface area contributed by atoms with Crippen LogP contribution in [0.15, 0.2) is 18.2 Å². The Morgan fingerprint density at radius 1 is 1.61 bits per heavy atom. The van der Waals surface area contributed by atoms with Gasteiger partial charge in [-0.05, 0) is 19.1 Å². The van der Waals surface area contributed by atoms with Crippen molar-refractivity contribution in [3.8, 4) is 0 Å². The third-order valence-corrected chi connectivity index (χ3v) is 4.24. The summed E-state index contributed by atoms with van der Waals surface area (Å²) in [6.07, 6.45) is 0.300. The summed E-state index contributed by atoms with van der Waals surface area (Å²) in [5, 5.41) is 3.19. The normalized spacial score (nSPS) is 20.3. The Hall–Kier alpha value is -1.21. The van der Waals surface area contributed by atoms with Crippen LogP contribution in [0, 0.1) is 5.82 Å². The van der Waals surface area contributed by atoms with Crippen molar-refractivity contribution in [3.05, 3.63) is 34.6 Å². The molecule has 1 aromatic rings. The average molecular weight is 344 g/mol. The van der Waals surface area contributed by atoms with Crippen LogP contribution in [0.2, 0.25) is 5.02 Å². The molecule has 0 aromatic heterocycles. The maximum atomic E-state index is 14.4. The number of morpholine rings is 1. The van der Waals surface area contributed by atoms with Crippen molar-refractivity contribution in [2.24, 2.45) is 5.73 Å². The molecule has 5 nitrogen and oxygen atoms in total. The maximum Gasteiger partial charge on any atom is 0.221 e. The summed E-state index contributed by atoms with van der Waals surface area (Å²) >= 11 is 6.23. The first-order valence-electron chi connectivity index (χ1n) is 7.79. The molecule has 2 atom stereocenters. The van der Waals surface area contributed by atoms with Gasteiger partial charge in [0.05, 0.1) is 18.8 Å². The standard InChI is InChI=1S/C16H23ClFN3O2/c1-11-10-21(7-8-23-11)14(9-20-15(22)5-6-19)16-12(17)3-2-4-13(16)18/h2-4,11,14H,5-10,19H2,1H3,(H,20,22). The fourth-order valence-electron chi connectivity index (χ4n) is 2.80. The lowest BCUT2D eigenvalue weighted by Gasteiger charge is -2.38. The predicted molar refractivity (Wildman–Crippen MR) is 87.8 cm³/mol. The van der Waals surface area contributed by atoms with Crippen LogP contribution < -0.4 is 11.1 Å². The minimum atomic E-state index is -0.366. The molecule has 7 heteroatoms. The maximum absolute atomic E-state index is 14.4. The number of carbonyl (C=O) groups is 1.